The molecule has 0 radical (unpaired) electrons. The van der Waals surface area contributed by atoms with Crippen molar-refractivity contribution >= 4 is 45.0 Å². The van der Waals surface area contributed by atoms with Crippen molar-refractivity contribution in [3.63, 3.8) is 0 Å². The highest BCUT2D eigenvalue weighted by Crippen LogP contribution is 2.36. The number of ether oxygens (including phenoxy) is 3. The minimum atomic E-state index is -0.811. The summed E-state index contributed by atoms with van der Waals surface area (Å²) < 4.78 is 26.6. The molecule has 3 fully saturated rings. The molecule has 3 aliphatic rings. The number of amides is 2. The number of piperidine rings is 1. The maximum absolute atomic E-state index is 14.2. The summed E-state index contributed by atoms with van der Waals surface area (Å²) >= 11 is 1.60. The zero-order valence-electron chi connectivity index (χ0n) is 41.9. The molecule has 15 nitrogen and oxygen atoms in total. The molecule has 7 aromatic rings. The van der Waals surface area contributed by atoms with Crippen molar-refractivity contribution in [3.8, 4) is 33.3 Å². The average molecular weight is 995 g/mol. The van der Waals surface area contributed by atoms with Gasteiger partial charge >= 0.3 is 0 Å². The number of rotatable bonds is 19. The predicted molar refractivity (Wildman–Crippen MR) is 278 cm³/mol. The topological polar surface area (TPSA) is 170 Å². The maximum Gasteiger partial charge on any atom is 0.254 e. The van der Waals surface area contributed by atoms with E-state index in [1.165, 1.54) is 21.3 Å². The fraction of sp³-hybridized carbons (Fsp3) is 0.464. The lowest BCUT2D eigenvalue weighted by atomic mass is 9.91. The van der Waals surface area contributed by atoms with Gasteiger partial charge in [-0.25, -0.2) is 9.97 Å². The number of aryl methyl sites for hydroxylation is 2. The number of fused-ring (bicyclic) bond motifs is 3. The number of aliphatic hydroxyl groups excluding tert-OH is 1. The summed E-state index contributed by atoms with van der Waals surface area (Å²) in [5.41, 5.74) is 9.35. The van der Waals surface area contributed by atoms with Gasteiger partial charge in [0.25, 0.3) is 5.88 Å². The Bertz CT molecular complexity index is 2960. The van der Waals surface area contributed by atoms with Crippen molar-refractivity contribution in [3.05, 3.63) is 108 Å². The number of hydrogen-bond donors (Lipinski definition) is 2. The van der Waals surface area contributed by atoms with E-state index in [-0.39, 0.29) is 55.1 Å². The van der Waals surface area contributed by atoms with Crippen molar-refractivity contribution in [1.29, 1.82) is 0 Å². The molecule has 0 spiro atoms. The number of carbonyl (C=O) groups excluding carboxylic acids is 2. The summed E-state index contributed by atoms with van der Waals surface area (Å²) in [6.45, 7) is 11.5. The van der Waals surface area contributed by atoms with Gasteiger partial charge in [0.05, 0.1) is 52.6 Å². The molecule has 16 heteroatoms. The van der Waals surface area contributed by atoms with Crippen LogP contribution in [0, 0.1) is 12.8 Å². The molecule has 2 amide bonds. The SMILES string of the molecule is Cc1ncsc1-c1ccc([C@H](C)NC(=O)[C@@H]2C[C@@H](O)CN2C(=O)C(c2cc(OCCCCCN3CCC(O[C@H]4C[C@H](Oc5ccc(-c6ccc7c8cnccc8n(C)c7c6)cn5)C4)CC3)no2)C(C)C)cc1. The first-order chi connectivity index (χ1) is 34.9. The number of aliphatic hydroxyl groups is 1. The van der Waals surface area contributed by atoms with Gasteiger partial charge in [-0.15, -0.1) is 11.3 Å². The van der Waals surface area contributed by atoms with Crippen molar-refractivity contribution in [1.82, 2.24) is 39.8 Å². The van der Waals surface area contributed by atoms with Crippen LogP contribution in [-0.4, -0.2) is 115 Å². The molecule has 5 aromatic heterocycles. The predicted octanol–water partition coefficient (Wildman–Crippen LogP) is 9.43. The van der Waals surface area contributed by atoms with E-state index < -0.39 is 18.1 Å². The summed E-state index contributed by atoms with van der Waals surface area (Å²) in [5.74, 6) is -0.0482. The second-order valence-corrected chi connectivity index (χ2v) is 21.1. The zero-order valence-corrected chi connectivity index (χ0v) is 42.7. The van der Waals surface area contributed by atoms with Crippen molar-refractivity contribution in [2.75, 3.05) is 32.8 Å². The number of thiazole rings is 1. The fourth-order valence-corrected chi connectivity index (χ4v) is 11.5. The lowest BCUT2D eigenvalue weighted by Gasteiger charge is -2.39. The third-order valence-electron chi connectivity index (χ3n) is 14.9. The van der Waals surface area contributed by atoms with E-state index in [0.29, 0.717) is 24.1 Å². The van der Waals surface area contributed by atoms with Crippen molar-refractivity contribution in [2.45, 2.75) is 121 Å². The number of likely N-dealkylation sites (tertiary alicyclic amines) is 2. The molecule has 1 unspecified atom stereocenters. The average Bonchev–Trinajstić information content (AvgIpc) is 4.18. The Morgan fingerprint density at radius 2 is 1.64 bits per heavy atom. The van der Waals surface area contributed by atoms with Crippen LogP contribution in [0.2, 0.25) is 0 Å². The number of aromatic nitrogens is 5. The maximum atomic E-state index is 14.2. The number of unbranched alkanes of at least 4 members (excludes halogenated alkanes) is 2. The first-order valence-corrected chi connectivity index (χ1v) is 26.6. The van der Waals surface area contributed by atoms with Crippen LogP contribution in [0.15, 0.2) is 95.4 Å². The molecular weight excluding hydrogens is 929 g/mol. The molecule has 2 saturated heterocycles. The Balaban J connectivity index is 0.606. The van der Waals surface area contributed by atoms with E-state index in [4.69, 9.17) is 18.7 Å². The van der Waals surface area contributed by atoms with Gasteiger partial charge in [-0.3, -0.25) is 14.6 Å². The highest BCUT2D eigenvalue weighted by molar-refractivity contribution is 7.13. The quantitative estimate of drug-likeness (QED) is 0.0738. The Hall–Kier alpha value is -6.20. The van der Waals surface area contributed by atoms with E-state index in [1.807, 2.05) is 82.1 Å². The van der Waals surface area contributed by atoms with Gasteiger partial charge in [-0.1, -0.05) is 50.2 Å². The third-order valence-corrected chi connectivity index (χ3v) is 15.9. The van der Waals surface area contributed by atoms with Gasteiger partial charge in [-0.05, 0) is 98.5 Å². The number of β-amino-alcohol motifs (C(OH)–C–C–N with tert-alkyl or cyclic N) is 1. The van der Waals surface area contributed by atoms with E-state index >= 15 is 0 Å². The smallest absolute Gasteiger partial charge is 0.254 e. The highest BCUT2D eigenvalue weighted by Gasteiger charge is 2.44. The second kappa shape index (κ2) is 21.9. The minimum absolute atomic E-state index is 0.0684. The van der Waals surface area contributed by atoms with Gasteiger partial charge in [0, 0.05) is 98.5 Å². The minimum Gasteiger partial charge on any atom is -0.476 e. The largest absolute Gasteiger partial charge is 0.476 e. The van der Waals surface area contributed by atoms with Crippen LogP contribution < -0.4 is 14.8 Å². The lowest BCUT2D eigenvalue weighted by Crippen LogP contribution is -2.48. The molecule has 1 saturated carbocycles. The van der Waals surface area contributed by atoms with Gasteiger partial charge in [0.15, 0.2) is 5.76 Å². The first kappa shape index (κ1) is 49.4. The third kappa shape index (κ3) is 10.9. The summed E-state index contributed by atoms with van der Waals surface area (Å²) in [6.07, 6.45) is 12.5. The van der Waals surface area contributed by atoms with Crippen LogP contribution in [0.4, 0.5) is 0 Å². The van der Waals surface area contributed by atoms with Crippen LogP contribution in [-0.2, 0) is 21.4 Å². The Labute approximate surface area is 424 Å². The summed E-state index contributed by atoms with van der Waals surface area (Å²) in [7, 11) is 2.10. The first-order valence-electron chi connectivity index (χ1n) is 25.7. The van der Waals surface area contributed by atoms with Gasteiger partial charge in [0.2, 0.25) is 17.7 Å². The van der Waals surface area contributed by atoms with Gasteiger partial charge in [0.1, 0.15) is 18.1 Å². The summed E-state index contributed by atoms with van der Waals surface area (Å²) in [6, 6.07) is 21.3. The number of hydrogen-bond acceptors (Lipinski definition) is 13. The summed E-state index contributed by atoms with van der Waals surface area (Å²) in [4.78, 5) is 46.3. The number of pyridine rings is 2. The van der Waals surface area contributed by atoms with E-state index in [2.05, 4.69) is 72.3 Å². The molecule has 2 aromatic carbocycles. The van der Waals surface area contributed by atoms with E-state index in [0.717, 1.165) is 103 Å². The van der Waals surface area contributed by atoms with E-state index in [9.17, 15) is 14.7 Å². The van der Waals surface area contributed by atoms with Crippen LogP contribution in [0.3, 0.4) is 0 Å². The monoisotopic (exact) mass is 994 g/mol. The molecule has 1 aliphatic carbocycles. The standard InChI is InChI=1S/C56H66N8O7S/c1-34(2)53(56(67)64-32-41(65)26-49(64)55(66)60-35(3)37-9-11-38(12-10-37)54-36(4)59-33-72-54)50-29-52(61-71-50)68-24-8-6-7-21-63-22-18-42(19-23-63)69-43-27-44(28-43)70-51-16-14-40(30-58-51)39-13-15-45-46-31-57-20-17-47(46)62(5)48(45)25-39/h9-17,20,25,29-31,33-35,41-44,49,53,65H,6-8,18-19,21-24,26-28,32H2,1-5H3,(H,60,66)/t35-,41+,43-,44-,49-,53?/m0/s1. The number of nitrogens with one attached hydrogen (secondary N) is 1. The molecule has 4 atom stereocenters. The van der Waals surface area contributed by atoms with Crippen molar-refractivity contribution < 1.29 is 33.4 Å². The Morgan fingerprint density at radius 3 is 2.39 bits per heavy atom. The second-order valence-electron chi connectivity index (χ2n) is 20.3. The number of benzene rings is 2. The molecule has 2 aliphatic heterocycles. The lowest BCUT2D eigenvalue weighted by molar-refractivity contribution is -0.141. The summed E-state index contributed by atoms with van der Waals surface area (Å²) in [5, 5.41) is 20.3. The van der Waals surface area contributed by atoms with Gasteiger partial charge < -0.3 is 43.5 Å². The Kier molecular flexibility index (Phi) is 15.0. The molecule has 0 bridgehead atoms. The molecular formula is C56H66N8O7S. The number of carbonyl (C=O) groups is 2. The molecule has 2 N–H and O–H groups in total. The van der Waals surface area contributed by atoms with Crippen molar-refractivity contribution in [2.24, 2.45) is 13.0 Å². The normalized spacial score (nSPS) is 20.5. The van der Waals surface area contributed by atoms with Crippen LogP contribution in [0.5, 0.6) is 11.8 Å². The fourth-order valence-electron chi connectivity index (χ4n) is 10.7. The molecule has 7 heterocycles. The van der Waals surface area contributed by atoms with Gasteiger partial charge in [-0.2, -0.15) is 0 Å². The number of nitrogens with zero attached hydrogens (tertiary/aromatic N) is 7. The molecule has 72 heavy (non-hydrogen) atoms. The van der Waals surface area contributed by atoms with Crippen LogP contribution in [0.25, 0.3) is 43.4 Å². The van der Waals surface area contributed by atoms with E-state index in [1.54, 1.807) is 17.4 Å². The zero-order chi connectivity index (χ0) is 49.9. The molecule has 10 rings (SSSR count). The van der Waals surface area contributed by atoms with Crippen LogP contribution >= 0.6 is 11.3 Å². The highest BCUT2D eigenvalue weighted by atomic mass is 32.1. The molecule has 378 valence electrons. The van der Waals surface area contributed by atoms with Crippen LogP contribution in [0.1, 0.15) is 101 Å². The Morgan fingerprint density at radius 1 is 0.847 bits per heavy atom.